The molecule has 4 aromatic heterocycles. The lowest BCUT2D eigenvalue weighted by Gasteiger charge is -2.23. The second kappa shape index (κ2) is 12.4. The molecule has 6 heterocycles. The van der Waals surface area contributed by atoms with Crippen molar-refractivity contribution in [1.29, 1.82) is 0 Å². The van der Waals surface area contributed by atoms with E-state index < -0.39 is 56.9 Å². The number of imidazole rings is 1. The minimum Gasteiger partial charge on any atom is -0.369 e. The zero-order chi connectivity index (χ0) is 29.6. The van der Waals surface area contributed by atoms with Crippen LogP contribution in [0.15, 0.2) is 35.6 Å². The van der Waals surface area contributed by atoms with E-state index in [0.29, 0.717) is 11.4 Å². The lowest BCUT2D eigenvalue weighted by molar-refractivity contribution is -0.0454. The van der Waals surface area contributed by atoms with Gasteiger partial charge in [0.05, 0.1) is 26.1 Å². The summed E-state index contributed by atoms with van der Waals surface area (Å²) in [6, 6.07) is 3.38. The van der Waals surface area contributed by atoms with Crippen molar-refractivity contribution < 1.29 is 36.7 Å². The summed E-state index contributed by atoms with van der Waals surface area (Å²) in [4.78, 5) is 41.7. The molecule has 6 rings (SSSR count). The highest BCUT2D eigenvalue weighted by Crippen LogP contribution is 2.57. The minimum atomic E-state index is -4.32. The molecule has 1 fully saturated rings. The summed E-state index contributed by atoms with van der Waals surface area (Å²) in [7, 11) is 0. The molecule has 17 nitrogen and oxygen atoms in total. The standard InChI is InChI=1S/C20H22FN9O8P2S2.CH4/c21-13-11-7-35-39(32,41)34-6-5-30-12(25-16(28-30)10-1-3-23-4-2-10)8-36-40(33,42)38-15(13)19(37-11)29-9-24-14-17(29)26-20(22)27-18(14)31;/h1-4,9,11,13,15,19H,5-8H2,(H,32,41)(H,33,42)(H3,22,26,27,31);1H4/t11-,13-,15-,19-,39?,40?;/m1./s1. The molecule has 4 N–H and O–H groups in total. The number of pyridine rings is 1. The van der Waals surface area contributed by atoms with Gasteiger partial charge in [0, 0.05) is 18.0 Å². The Balaban J connectivity index is 0.00000368. The van der Waals surface area contributed by atoms with Crippen molar-refractivity contribution in [3.05, 3.63) is 47.0 Å². The first kappa shape index (κ1) is 31.8. The number of alkyl halides is 1. The lowest BCUT2D eigenvalue weighted by atomic mass is 10.1. The molecule has 0 aromatic carbocycles. The molecule has 2 aliphatic heterocycles. The Hall–Kier alpha value is -2.64. The van der Waals surface area contributed by atoms with E-state index in [4.69, 9.17) is 40.4 Å². The van der Waals surface area contributed by atoms with E-state index >= 15 is 4.39 Å². The zero-order valence-electron chi connectivity index (χ0n) is 21.2. The maximum Gasteiger partial charge on any atom is 0.387 e. The molecule has 1 saturated heterocycles. The van der Waals surface area contributed by atoms with Crippen LogP contribution in [0.25, 0.3) is 22.6 Å². The zero-order valence-corrected chi connectivity index (χ0v) is 24.7. The lowest BCUT2D eigenvalue weighted by Crippen LogP contribution is -2.32. The van der Waals surface area contributed by atoms with Crippen LogP contribution in [0.5, 0.6) is 0 Å². The van der Waals surface area contributed by atoms with E-state index in [1.54, 1.807) is 24.5 Å². The van der Waals surface area contributed by atoms with E-state index in [2.05, 4.69) is 42.3 Å². The van der Waals surface area contributed by atoms with Gasteiger partial charge in [-0.25, -0.2) is 23.6 Å². The monoisotopic (exact) mass is 677 g/mol. The second-order valence-corrected chi connectivity index (χ2v) is 14.7. The van der Waals surface area contributed by atoms with Gasteiger partial charge in [-0.05, 0) is 23.9 Å². The SMILES string of the molecule is C.Nc1nc2c(ncn2[C@@H]2O[C@@H]3COP(O)(=S)OCCn4nc(-c5ccncc5)nc4COP(=O)(S)O[C@@H]2[C@@H]3F)c(=O)[nH]1. The Bertz CT molecular complexity index is 1780. The fourth-order valence-electron chi connectivity index (χ4n) is 4.35. The van der Waals surface area contributed by atoms with E-state index in [9.17, 15) is 14.3 Å². The molecular formula is C21H26FN9O8P2S2. The highest BCUT2D eigenvalue weighted by molar-refractivity contribution is 8.44. The molecule has 232 valence electrons. The van der Waals surface area contributed by atoms with Gasteiger partial charge < -0.3 is 24.4 Å². The van der Waals surface area contributed by atoms with Gasteiger partial charge in [-0.1, -0.05) is 19.7 Å². The maximum absolute atomic E-state index is 15.8. The van der Waals surface area contributed by atoms with Gasteiger partial charge in [0.25, 0.3) is 5.56 Å². The molecular weight excluding hydrogens is 651 g/mol. The molecule has 22 heteroatoms. The predicted octanol–water partition coefficient (Wildman–Crippen LogP) is 2.13. The number of nitrogens with zero attached hydrogens (tertiary/aromatic N) is 7. The van der Waals surface area contributed by atoms with E-state index in [1.165, 1.54) is 9.25 Å². The van der Waals surface area contributed by atoms with Crippen molar-refractivity contribution in [2.24, 2.45) is 0 Å². The van der Waals surface area contributed by atoms with E-state index in [0.717, 1.165) is 6.33 Å². The molecule has 6 atom stereocenters. The van der Waals surface area contributed by atoms with Crippen molar-refractivity contribution >= 4 is 54.7 Å². The van der Waals surface area contributed by atoms with Crippen LogP contribution in [0, 0.1) is 0 Å². The third-order valence-electron chi connectivity index (χ3n) is 6.25. The fraction of sp³-hybridized carbons (Fsp3) is 0.429. The van der Waals surface area contributed by atoms with E-state index in [1.807, 2.05) is 0 Å². The molecule has 2 bridgehead atoms. The normalized spacial score (nSPS) is 30.2. The third kappa shape index (κ3) is 6.73. The molecule has 2 aliphatic rings. The molecule has 43 heavy (non-hydrogen) atoms. The number of aromatic nitrogens is 8. The number of hydrogen-bond acceptors (Lipinski definition) is 14. The Morgan fingerprint density at radius 3 is 2.77 bits per heavy atom. The Labute approximate surface area is 252 Å². The van der Waals surface area contributed by atoms with Crippen molar-refractivity contribution in [1.82, 2.24) is 39.3 Å². The third-order valence-corrected chi connectivity index (χ3v) is 9.46. The van der Waals surface area contributed by atoms with Gasteiger partial charge in [-0.15, -0.1) is 0 Å². The number of anilines is 1. The molecule has 0 saturated carbocycles. The smallest absolute Gasteiger partial charge is 0.369 e. The van der Waals surface area contributed by atoms with Gasteiger partial charge in [0.15, 0.2) is 35.2 Å². The van der Waals surface area contributed by atoms with Gasteiger partial charge in [-0.2, -0.15) is 10.1 Å². The average molecular weight is 678 g/mol. The summed E-state index contributed by atoms with van der Waals surface area (Å²) in [5.41, 5.74) is 5.51. The molecule has 4 aromatic rings. The summed E-state index contributed by atoms with van der Waals surface area (Å²) in [6.45, 7) is -9.27. The number of nitrogen functional groups attached to an aromatic ring is 1. The topological polar surface area (TPSA) is 217 Å². The van der Waals surface area contributed by atoms with Gasteiger partial charge in [0.1, 0.15) is 18.8 Å². The van der Waals surface area contributed by atoms with Crippen LogP contribution in [0.3, 0.4) is 0 Å². The Kier molecular flexibility index (Phi) is 9.16. The number of H-pyrrole nitrogens is 1. The summed E-state index contributed by atoms with van der Waals surface area (Å²) < 4.78 is 59.5. The number of fused-ring (bicyclic) bond motifs is 4. The Morgan fingerprint density at radius 1 is 1.23 bits per heavy atom. The summed E-state index contributed by atoms with van der Waals surface area (Å²) in [5, 5.41) is 4.43. The first-order valence-corrected chi connectivity index (χ1v) is 17.4. The number of nitrogens with two attached hydrogens (primary N) is 1. The quantitative estimate of drug-likeness (QED) is 0.177. The highest BCUT2D eigenvalue weighted by Gasteiger charge is 2.51. The van der Waals surface area contributed by atoms with Gasteiger partial charge in [0.2, 0.25) is 5.95 Å². The number of nitrogens with one attached hydrogen (secondary N) is 1. The van der Waals surface area contributed by atoms with Crippen LogP contribution in [0.1, 0.15) is 19.5 Å². The highest BCUT2D eigenvalue weighted by atomic mass is 32.7. The number of ether oxygens (including phenoxy) is 1. The van der Waals surface area contributed by atoms with Crippen LogP contribution in [-0.4, -0.2) is 75.8 Å². The van der Waals surface area contributed by atoms with Crippen LogP contribution >= 0.6 is 25.8 Å². The molecule has 2 unspecified atom stereocenters. The molecule has 0 spiro atoms. The van der Waals surface area contributed by atoms with Crippen molar-refractivity contribution in [2.75, 3.05) is 18.9 Å². The molecule has 0 aliphatic carbocycles. The second-order valence-electron chi connectivity index (χ2n) is 9.00. The average Bonchev–Trinajstić information content (AvgIpc) is 3.63. The van der Waals surface area contributed by atoms with Crippen molar-refractivity contribution in [3.63, 3.8) is 0 Å². The summed E-state index contributed by atoms with van der Waals surface area (Å²) in [5.74, 6) is 0.266. The largest absolute Gasteiger partial charge is 0.387 e. The van der Waals surface area contributed by atoms with Crippen LogP contribution in [0.4, 0.5) is 10.3 Å². The number of rotatable bonds is 2. The number of hydrogen-bond donors (Lipinski definition) is 4. The van der Waals surface area contributed by atoms with E-state index in [-0.39, 0.29) is 43.5 Å². The van der Waals surface area contributed by atoms with Crippen LogP contribution in [-0.2, 0) is 52.4 Å². The van der Waals surface area contributed by atoms with Gasteiger partial charge >= 0.3 is 13.5 Å². The number of halogens is 1. The van der Waals surface area contributed by atoms with Gasteiger partial charge in [-0.3, -0.25) is 28.4 Å². The van der Waals surface area contributed by atoms with Crippen LogP contribution < -0.4 is 11.3 Å². The number of aromatic amines is 1. The van der Waals surface area contributed by atoms with Crippen LogP contribution in [0.2, 0.25) is 0 Å². The molecule has 0 amide bonds. The first-order chi connectivity index (χ1) is 20.0. The van der Waals surface area contributed by atoms with Crippen molar-refractivity contribution in [3.8, 4) is 11.4 Å². The maximum atomic E-state index is 15.8. The molecule has 0 radical (unpaired) electrons. The summed E-state index contributed by atoms with van der Waals surface area (Å²) >= 11 is 9.15. The number of thiol groups is 1. The van der Waals surface area contributed by atoms with Crippen molar-refractivity contribution in [2.45, 2.75) is 45.2 Å². The Morgan fingerprint density at radius 2 is 2.00 bits per heavy atom. The predicted molar refractivity (Wildman–Crippen MR) is 156 cm³/mol. The minimum absolute atomic E-state index is 0. The first-order valence-electron chi connectivity index (χ1n) is 12.1. The fourth-order valence-corrected chi connectivity index (χ4v) is 6.85. The summed E-state index contributed by atoms with van der Waals surface area (Å²) in [6.07, 6.45) is -2.17.